The van der Waals surface area contributed by atoms with Crippen LogP contribution in [0.25, 0.3) is 0 Å². The van der Waals surface area contributed by atoms with Crippen LogP contribution < -0.4 is 0 Å². The molecule has 0 fully saturated rings. The lowest BCUT2D eigenvalue weighted by Crippen LogP contribution is -2.18. The molecule has 1 aromatic heterocycles. The van der Waals surface area contributed by atoms with E-state index in [2.05, 4.69) is 18.8 Å². The maximum atomic E-state index is 11.2. The minimum atomic E-state index is 0.320. The summed E-state index contributed by atoms with van der Waals surface area (Å²) in [7, 11) is 0. The van der Waals surface area contributed by atoms with E-state index < -0.39 is 0 Å². The summed E-state index contributed by atoms with van der Waals surface area (Å²) in [6.07, 6.45) is 3.48. The predicted molar refractivity (Wildman–Crippen MR) is 49.6 cm³/mol. The Morgan fingerprint density at radius 1 is 1.46 bits per heavy atom. The smallest absolute Gasteiger partial charge is 0.153 e. The highest BCUT2D eigenvalue weighted by Crippen LogP contribution is 2.17. The maximum Gasteiger partial charge on any atom is 0.153 e. The van der Waals surface area contributed by atoms with Crippen molar-refractivity contribution in [1.29, 1.82) is 0 Å². The number of imidazole rings is 1. The van der Waals surface area contributed by atoms with Gasteiger partial charge in [0.05, 0.1) is 12.2 Å². The molecule has 1 aliphatic rings. The summed E-state index contributed by atoms with van der Waals surface area (Å²) in [5.41, 5.74) is 1.10. The Hall–Kier alpha value is -1.12. The molecule has 1 aliphatic heterocycles. The van der Waals surface area contributed by atoms with E-state index in [9.17, 15) is 4.79 Å². The number of nitrogens with zero attached hydrogens (tertiary/aromatic N) is 2. The third-order valence-electron chi connectivity index (χ3n) is 2.44. The van der Waals surface area contributed by atoms with Crippen LogP contribution in [0.3, 0.4) is 0 Å². The molecule has 2 rings (SSSR count). The van der Waals surface area contributed by atoms with Gasteiger partial charge in [-0.3, -0.25) is 4.79 Å². The second-order valence-corrected chi connectivity index (χ2v) is 3.90. The molecule has 0 N–H and O–H groups in total. The fraction of sp³-hybridized carbons (Fsp3) is 0.600. The zero-order chi connectivity index (χ0) is 9.42. The number of rotatable bonds is 1. The van der Waals surface area contributed by atoms with Gasteiger partial charge in [-0.2, -0.15) is 0 Å². The van der Waals surface area contributed by atoms with Crippen LogP contribution in [-0.2, 0) is 17.8 Å². The van der Waals surface area contributed by atoms with Gasteiger partial charge < -0.3 is 4.57 Å². The third-order valence-corrected chi connectivity index (χ3v) is 2.44. The highest BCUT2D eigenvalue weighted by molar-refractivity contribution is 5.79. The lowest BCUT2D eigenvalue weighted by molar-refractivity contribution is -0.120. The molecule has 0 bridgehead atoms. The molecular formula is C10H14N2O. The van der Waals surface area contributed by atoms with Crippen molar-refractivity contribution < 1.29 is 4.79 Å². The van der Waals surface area contributed by atoms with Crippen LogP contribution in [-0.4, -0.2) is 15.3 Å². The summed E-state index contributed by atoms with van der Waals surface area (Å²) < 4.78 is 1.99. The Bertz CT molecular complexity index is 339. The summed E-state index contributed by atoms with van der Waals surface area (Å²) in [4.78, 5) is 15.7. The normalized spacial score (nSPS) is 16.4. The molecule has 0 aromatic carbocycles. The van der Waals surface area contributed by atoms with E-state index in [-0.39, 0.29) is 0 Å². The molecule has 1 aromatic rings. The van der Waals surface area contributed by atoms with Crippen molar-refractivity contribution in [2.24, 2.45) is 0 Å². The summed E-state index contributed by atoms with van der Waals surface area (Å²) >= 11 is 0. The minimum absolute atomic E-state index is 0.320. The van der Waals surface area contributed by atoms with Crippen molar-refractivity contribution >= 4 is 5.78 Å². The Balaban J connectivity index is 2.33. The van der Waals surface area contributed by atoms with Crippen LogP contribution in [0.15, 0.2) is 6.20 Å². The molecule has 0 saturated carbocycles. The number of aryl methyl sites for hydroxylation is 1. The summed E-state index contributed by atoms with van der Waals surface area (Å²) in [5, 5.41) is 0. The number of hydrogen-bond donors (Lipinski definition) is 0. The van der Waals surface area contributed by atoms with Crippen molar-refractivity contribution in [3.05, 3.63) is 17.7 Å². The molecule has 70 valence electrons. The zero-order valence-electron chi connectivity index (χ0n) is 8.08. The van der Waals surface area contributed by atoms with E-state index in [1.165, 1.54) is 0 Å². The molecule has 0 radical (unpaired) electrons. The number of fused-ring (bicyclic) bond motifs is 1. The Morgan fingerprint density at radius 2 is 2.23 bits per heavy atom. The third kappa shape index (κ3) is 1.50. The van der Waals surface area contributed by atoms with Gasteiger partial charge in [-0.25, -0.2) is 4.98 Å². The molecule has 0 amide bonds. The monoisotopic (exact) mass is 178 g/mol. The van der Waals surface area contributed by atoms with Crippen LogP contribution in [0, 0.1) is 0 Å². The number of Topliss-reactive ketones (excluding diaryl/α,β-unsaturated/α-hetero) is 1. The average Bonchev–Trinajstić information content (AvgIpc) is 2.46. The van der Waals surface area contributed by atoms with Gasteiger partial charge in [0.25, 0.3) is 0 Å². The standard InChI is InChI=1S/C10H14N2O/c1-7(2)9-6-12-5-8(13)3-4-10(12)11-9/h6-7H,3-5H2,1-2H3. The van der Waals surface area contributed by atoms with E-state index in [0.29, 0.717) is 24.7 Å². The van der Waals surface area contributed by atoms with E-state index in [1.807, 2.05) is 10.8 Å². The molecule has 3 nitrogen and oxygen atoms in total. The van der Waals surface area contributed by atoms with E-state index in [1.54, 1.807) is 0 Å². The topological polar surface area (TPSA) is 34.9 Å². The van der Waals surface area contributed by atoms with Gasteiger partial charge in [-0.1, -0.05) is 13.8 Å². The fourth-order valence-electron chi connectivity index (χ4n) is 1.61. The molecule has 0 aliphatic carbocycles. The van der Waals surface area contributed by atoms with Gasteiger partial charge in [0.1, 0.15) is 5.82 Å². The SMILES string of the molecule is CC(C)c1cn2c(n1)CCC(=O)C2. The molecule has 0 atom stereocenters. The Labute approximate surface area is 77.8 Å². The van der Waals surface area contributed by atoms with Crippen LogP contribution in [0.1, 0.15) is 37.7 Å². The van der Waals surface area contributed by atoms with Crippen molar-refractivity contribution in [2.45, 2.75) is 39.2 Å². The molecule has 3 heteroatoms. The quantitative estimate of drug-likeness (QED) is 0.653. The highest BCUT2D eigenvalue weighted by Gasteiger charge is 2.18. The first kappa shape index (κ1) is 8.48. The zero-order valence-corrected chi connectivity index (χ0v) is 8.08. The van der Waals surface area contributed by atoms with Crippen molar-refractivity contribution in [2.75, 3.05) is 0 Å². The average molecular weight is 178 g/mol. The number of aromatic nitrogens is 2. The van der Waals surface area contributed by atoms with Gasteiger partial charge in [-0.15, -0.1) is 0 Å². The highest BCUT2D eigenvalue weighted by atomic mass is 16.1. The Morgan fingerprint density at radius 3 is 2.92 bits per heavy atom. The molecular weight excluding hydrogens is 164 g/mol. The van der Waals surface area contributed by atoms with E-state index in [4.69, 9.17) is 0 Å². The van der Waals surface area contributed by atoms with Crippen LogP contribution in [0.4, 0.5) is 0 Å². The van der Waals surface area contributed by atoms with Crippen molar-refractivity contribution in [3.63, 3.8) is 0 Å². The van der Waals surface area contributed by atoms with Gasteiger partial charge in [0, 0.05) is 19.0 Å². The van der Waals surface area contributed by atoms with Gasteiger partial charge in [0.2, 0.25) is 0 Å². The Kier molecular flexibility index (Phi) is 1.94. The first-order valence-corrected chi connectivity index (χ1v) is 4.74. The van der Waals surface area contributed by atoms with Crippen LogP contribution in [0.5, 0.6) is 0 Å². The lowest BCUT2D eigenvalue weighted by atomic mass is 10.1. The van der Waals surface area contributed by atoms with E-state index >= 15 is 0 Å². The number of carbonyl (C=O) groups excluding carboxylic acids is 1. The molecule has 13 heavy (non-hydrogen) atoms. The largest absolute Gasteiger partial charge is 0.327 e. The van der Waals surface area contributed by atoms with Gasteiger partial charge in [0.15, 0.2) is 5.78 Å². The van der Waals surface area contributed by atoms with E-state index in [0.717, 1.165) is 17.9 Å². The van der Waals surface area contributed by atoms with Crippen LogP contribution >= 0.6 is 0 Å². The number of hydrogen-bond acceptors (Lipinski definition) is 2. The lowest BCUT2D eigenvalue weighted by Gasteiger charge is -2.11. The first-order valence-electron chi connectivity index (χ1n) is 4.74. The molecule has 0 saturated heterocycles. The van der Waals surface area contributed by atoms with Gasteiger partial charge in [-0.05, 0) is 5.92 Å². The summed E-state index contributed by atoms with van der Waals surface area (Å²) in [6, 6.07) is 0. The predicted octanol–water partition coefficient (Wildman–Crippen LogP) is 1.52. The molecule has 2 heterocycles. The van der Waals surface area contributed by atoms with Crippen LogP contribution in [0.2, 0.25) is 0 Å². The number of ketones is 1. The fourth-order valence-corrected chi connectivity index (χ4v) is 1.61. The summed E-state index contributed by atoms with van der Waals surface area (Å²) in [5.74, 6) is 1.84. The van der Waals surface area contributed by atoms with Crippen molar-refractivity contribution in [3.8, 4) is 0 Å². The second-order valence-electron chi connectivity index (χ2n) is 3.90. The van der Waals surface area contributed by atoms with Crippen molar-refractivity contribution in [1.82, 2.24) is 9.55 Å². The minimum Gasteiger partial charge on any atom is -0.327 e. The summed E-state index contributed by atoms with van der Waals surface area (Å²) in [6.45, 7) is 4.77. The maximum absolute atomic E-state index is 11.2. The van der Waals surface area contributed by atoms with Gasteiger partial charge >= 0.3 is 0 Å². The first-order chi connectivity index (χ1) is 6.16. The molecule has 0 unspecified atom stereocenters. The molecule has 0 spiro atoms. The second kappa shape index (κ2) is 2.98. The number of carbonyl (C=O) groups is 1.